The zero-order chi connectivity index (χ0) is 21.5. The molecule has 0 atom stereocenters. The van der Waals surface area contributed by atoms with Crippen LogP contribution in [0.2, 0.25) is 5.02 Å². The number of aryl methyl sites for hydroxylation is 1. The number of carbonyl (C=O) groups is 1. The average molecular weight is 497 g/mol. The molecule has 1 aromatic heterocycles. The smallest absolute Gasteiger partial charge is 0.255 e. The molecule has 2 heterocycles. The van der Waals surface area contributed by atoms with Gasteiger partial charge in [0.15, 0.2) is 0 Å². The standard InChI is InChI=1S/C24H19BrClN3O2/c1-14-27-21-6-2-16(11-22(21)28-14)15-3-7-23-17(10-15)13-29(8-9-31-23)24(30)19-5-4-18(26)12-20(19)25/h2-7,10-12H,8-9,13H2,1H3,(H,27,28). The minimum Gasteiger partial charge on any atom is -0.491 e. The van der Waals surface area contributed by atoms with Crippen LogP contribution in [0.3, 0.4) is 0 Å². The largest absolute Gasteiger partial charge is 0.491 e. The molecule has 0 radical (unpaired) electrons. The summed E-state index contributed by atoms with van der Waals surface area (Å²) in [7, 11) is 0. The van der Waals surface area contributed by atoms with Crippen LogP contribution in [-0.2, 0) is 6.54 Å². The molecule has 0 unspecified atom stereocenters. The maximum absolute atomic E-state index is 13.2. The van der Waals surface area contributed by atoms with Gasteiger partial charge in [0.2, 0.25) is 0 Å². The van der Waals surface area contributed by atoms with Crippen molar-refractivity contribution < 1.29 is 9.53 Å². The Labute approximate surface area is 193 Å². The van der Waals surface area contributed by atoms with Gasteiger partial charge in [-0.15, -0.1) is 0 Å². The zero-order valence-electron chi connectivity index (χ0n) is 16.8. The van der Waals surface area contributed by atoms with Crippen molar-refractivity contribution in [2.45, 2.75) is 13.5 Å². The summed E-state index contributed by atoms with van der Waals surface area (Å²) in [6.07, 6.45) is 0. The second kappa shape index (κ2) is 8.02. The maximum atomic E-state index is 13.2. The number of nitrogens with one attached hydrogen (secondary N) is 1. The first-order valence-electron chi connectivity index (χ1n) is 9.95. The van der Waals surface area contributed by atoms with Gasteiger partial charge < -0.3 is 14.6 Å². The monoisotopic (exact) mass is 495 g/mol. The van der Waals surface area contributed by atoms with Gasteiger partial charge in [-0.2, -0.15) is 0 Å². The number of rotatable bonds is 2. The second-order valence-corrected chi connectivity index (χ2v) is 8.87. The molecule has 5 rings (SSSR count). The van der Waals surface area contributed by atoms with E-state index in [0.29, 0.717) is 34.8 Å². The molecule has 1 amide bonds. The first kappa shape index (κ1) is 20.1. The van der Waals surface area contributed by atoms with Gasteiger partial charge in [-0.3, -0.25) is 4.79 Å². The van der Waals surface area contributed by atoms with Crippen LogP contribution in [0.15, 0.2) is 59.1 Å². The molecule has 0 spiro atoms. The first-order valence-corrected chi connectivity index (χ1v) is 11.1. The Bertz CT molecular complexity index is 1320. The van der Waals surface area contributed by atoms with E-state index in [2.05, 4.69) is 50.2 Å². The fourth-order valence-corrected chi connectivity index (χ4v) is 4.75. The van der Waals surface area contributed by atoms with Gasteiger partial charge in [-0.05, 0) is 76.4 Å². The predicted molar refractivity (Wildman–Crippen MR) is 126 cm³/mol. The Morgan fingerprint density at radius 3 is 2.77 bits per heavy atom. The molecule has 156 valence electrons. The van der Waals surface area contributed by atoms with Gasteiger partial charge in [-0.25, -0.2) is 4.98 Å². The molecular formula is C24H19BrClN3O2. The molecular weight excluding hydrogens is 478 g/mol. The van der Waals surface area contributed by atoms with E-state index in [1.54, 1.807) is 18.2 Å². The molecule has 31 heavy (non-hydrogen) atoms. The molecule has 0 aliphatic carbocycles. The number of benzene rings is 3. The van der Waals surface area contributed by atoms with Crippen LogP contribution in [-0.4, -0.2) is 33.9 Å². The van der Waals surface area contributed by atoms with E-state index in [1.165, 1.54) is 0 Å². The Morgan fingerprint density at radius 2 is 1.94 bits per heavy atom. The lowest BCUT2D eigenvalue weighted by Crippen LogP contribution is -2.32. The number of aromatic amines is 1. The number of hydrogen-bond donors (Lipinski definition) is 1. The Balaban J connectivity index is 1.47. The van der Waals surface area contributed by atoms with Crippen LogP contribution in [0.4, 0.5) is 0 Å². The summed E-state index contributed by atoms with van der Waals surface area (Å²) in [5.41, 5.74) is 5.67. The number of carbonyl (C=O) groups excluding carboxylic acids is 1. The SMILES string of the molecule is Cc1nc2ccc(-c3ccc4c(c3)CN(C(=O)c3ccc(Cl)cc3Br)CCO4)cc2[nH]1. The summed E-state index contributed by atoms with van der Waals surface area (Å²) in [4.78, 5) is 22.8. The van der Waals surface area contributed by atoms with Gasteiger partial charge in [0.05, 0.1) is 23.1 Å². The van der Waals surface area contributed by atoms with Gasteiger partial charge >= 0.3 is 0 Å². The molecule has 7 heteroatoms. The van der Waals surface area contributed by atoms with Crippen LogP contribution in [0.25, 0.3) is 22.2 Å². The third-order valence-corrected chi connectivity index (χ3v) is 6.31. The van der Waals surface area contributed by atoms with Crippen LogP contribution in [0, 0.1) is 6.92 Å². The van der Waals surface area contributed by atoms with Crippen molar-refractivity contribution in [2.75, 3.05) is 13.2 Å². The number of amides is 1. The minimum absolute atomic E-state index is 0.0558. The third kappa shape index (κ3) is 3.93. The number of ether oxygens (including phenoxy) is 1. The minimum atomic E-state index is -0.0558. The van der Waals surface area contributed by atoms with Crippen molar-refractivity contribution in [3.63, 3.8) is 0 Å². The van der Waals surface area contributed by atoms with Gasteiger partial charge in [0, 0.05) is 21.6 Å². The van der Waals surface area contributed by atoms with Crippen LogP contribution >= 0.6 is 27.5 Å². The number of fused-ring (bicyclic) bond motifs is 2. The van der Waals surface area contributed by atoms with Gasteiger partial charge in [-0.1, -0.05) is 23.7 Å². The molecule has 0 fully saturated rings. The highest BCUT2D eigenvalue weighted by molar-refractivity contribution is 9.10. The maximum Gasteiger partial charge on any atom is 0.255 e. The van der Waals surface area contributed by atoms with E-state index in [0.717, 1.165) is 39.3 Å². The Morgan fingerprint density at radius 1 is 1.13 bits per heavy atom. The van der Waals surface area contributed by atoms with E-state index in [1.807, 2.05) is 24.0 Å². The lowest BCUT2D eigenvalue weighted by atomic mass is 10.0. The van der Waals surface area contributed by atoms with E-state index in [4.69, 9.17) is 16.3 Å². The van der Waals surface area contributed by atoms with E-state index in [-0.39, 0.29) is 5.91 Å². The quantitative estimate of drug-likeness (QED) is 0.371. The predicted octanol–water partition coefficient (Wildman–Crippen LogP) is 5.99. The second-order valence-electron chi connectivity index (χ2n) is 7.58. The van der Waals surface area contributed by atoms with Crippen molar-refractivity contribution in [1.29, 1.82) is 0 Å². The number of imidazole rings is 1. The summed E-state index contributed by atoms with van der Waals surface area (Å²) < 4.78 is 6.62. The van der Waals surface area contributed by atoms with Crippen molar-refractivity contribution >= 4 is 44.5 Å². The number of aromatic nitrogens is 2. The topological polar surface area (TPSA) is 58.2 Å². The highest BCUT2D eigenvalue weighted by Gasteiger charge is 2.23. The molecule has 1 aliphatic heterocycles. The van der Waals surface area contributed by atoms with Crippen molar-refractivity contribution in [2.24, 2.45) is 0 Å². The molecule has 0 bridgehead atoms. The molecule has 0 saturated carbocycles. The average Bonchev–Trinajstić information content (AvgIpc) is 2.98. The summed E-state index contributed by atoms with van der Waals surface area (Å²) in [5, 5.41) is 0.585. The van der Waals surface area contributed by atoms with Crippen LogP contribution < -0.4 is 4.74 Å². The molecule has 1 aliphatic rings. The van der Waals surface area contributed by atoms with E-state index < -0.39 is 0 Å². The van der Waals surface area contributed by atoms with Crippen LogP contribution in [0.1, 0.15) is 21.7 Å². The lowest BCUT2D eigenvalue weighted by molar-refractivity contribution is 0.0732. The molecule has 1 N–H and O–H groups in total. The Hall–Kier alpha value is -2.83. The summed E-state index contributed by atoms with van der Waals surface area (Å²) >= 11 is 9.49. The molecule has 5 nitrogen and oxygen atoms in total. The number of halogens is 2. The number of nitrogens with zero attached hydrogens (tertiary/aromatic N) is 2. The van der Waals surface area contributed by atoms with Crippen molar-refractivity contribution in [3.8, 4) is 16.9 Å². The van der Waals surface area contributed by atoms with Gasteiger partial charge in [0.25, 0.3) is 5.91 Å². The van der Waals surface area contributed by atoms with Crippen molar-refractivity contribution in [3.05, 3.63) is 81.0 Å². The summed E-state index contributed by atoms with van der Waals surface area (Å²) in [5.74, 6) is 1.65. The highest BCUT2D eigenvalue weighted by Crippen LogP contribution is 2.31. The summed E-state index contributed by atoms with van der Waals surface area (Å²) in [6, 6.07) is 17.5. The first-order chi connectivity index (χ1) is 15.0. The third-order valence-electron chi connectivity index (χ3n) is 5.42. The number of H-pyrrole nitrogens is 1. The van der Waals surface area contributed by atoms with Gasteiger partial charge in [0.1, 0.15) is 18.2 Å². The fourth-order valence-electron chi connectivity index (χ4n) is 3.90. The molecule has 0 saturated heterocycles. The summed E-state index contributed by atoms with van der Waals surface area (Å²) in [6.45, 7) is 3.38. The molecule has 4 aromatic rings. The lowest BCUT2D eigenvalue weighted by Gasteiger charge is -2.21. The van der Waals surface area contributed by atoms with Crippen molar-refractivity contribution in [1.82, 2.24) is 14.9 Å². The Kier molecular flexibility index (Phi) is 5.20. The van der Waals surface area contributed by atoms with E-state index in [9.17, 15) is 4.79 Å². The zero-order valence-corrected chi connectivity index (χ0v) is 19.1. The molecule has 3 aromatic carbocycles. The van der Waals surface area contributed by atoms with Crippen LogP contribution in [0.5, 0.6) is 5.75 Å². The number of hydrogen-bond acceptors (Lipinski definition) is 3. The fraction of sp³-hybridized carbons (Fsp3) is 0.167. The highest BCUT2D eigenvalue weighted by atomic mass is 79.9. The van der Waals surface area contributed by atoms with E-state index >= 15 is 0 Å². The normalized spacial score (nSPS) is 13.6.